The van der Waals surface area contributed by atoms with Gasteiger partial charge in [0, 0.05) is 32.2 Å². The van der Waals surface area contributed by atoms with Crippen molar-refractivity contribution < 1.29 is 14.6 Å². The Morgan fingerprint density at radius 2 is 1.77 bits per heavy atom. The summed E-state index contributed by atoms with van der Waals surface area (Å²) >= 11 is 0. The molecule has 2 aliphatic carbocycles. The highest BCUT2D eigenvalue weighted by Crippen LogP contribution is 2.72. The fourth-order valence-corrected chi connectivity index (χ4v) is 5.75. The SMILES string of the molecule is CN(CC1(CO)CCOCC1)C(=O)[C@]1(c2ccccc2)CC12CCCC2. The second-order valence-corrected chi connectivity index (χ2v) is 8.87. The fraction of sp³-hybridized carbons (Fsp3) is 0.682. The van der Waals surface area contributed by atoms with Crippen molar-refractivity contribution in [1.29, 1.82) is 0 Å². The summed E-state index contributed by atoms with van der Waals surface area (Å²) in [4.78, 5) is 15.7. The average Bonchev–Trinajstić information content (AvgIpc) is 3.09. The van der Waals surface area contributed by atoms with E-state index >= 15 is 0 Å². The molecule has 4 rings (SSSR count). The maximum absolute atomic E-state index is 13.7. The van der Waals surface area contributed by atoms with Gasteiger partial charge in [-0.15, -0.1) is 0 Å². The number of likely N-dealkylation sites (N-methyl/N-ethyl adjacent to an activating group) is 1. The Kier molecular flexibility index (Phi) is 4.60. The number of aliphatic hydroxyl groups is 1. The lowest BCUT2D eigenvalue weighted by Gasteiger charge is -2.40. The van der Waals surface area contributed by atoms with Gasteiger partial charge in [-0.1, -0.05) is 43.2 Å². The van der Waals surface area contributed by atoms with Crippen LogP contribution in [0.15, 0.2) is 30.3 Å². The highest BCUT2D eigenvalue weighted by atomic mass is 16.5. The molecule has 1 amide bonds. The van der Waals surface area contributed by atoms with Crippen LogP contribution in [0.3, 0.4) is 0 Å². The van der Waals surface area contributed by atoms with Crippen molar-refractivity contribution in [2.24, 2.45) is 10.8 Å². The number of carbonyl (C=O) groups is 1. The van der Waals surface area contributed by atoms with Crippen LogP contribution in [-0.4, -0.2) is 49.3 Å². The van der Waals surface area contributed by atoms with Gasteiger partial charge < -0.3 is 14.7 Å². The molecule has 142 valence electrons. The van der Waals surface area contributed by atoms with Gasteiger partial charge in [0.15, 0.2) is 0 Å². The summed E-state index contributed by atoms with van der Waals surface area (Å²) in [7, 11) is 1.93. The summed E-state index contributed by atoms with van der Waals surface area (Å²) in [5.41, 5.74) is 0.796. The second kappa shape index (κ2) is 6.65. The van der Waals surface area contributed by atoms with Gasteiger partial charge in [0.1, 0.15) is 0 Å². The van der Waals surface area contributed by atoms with Crippen LogP contribution in [0, 0.1) is 10.8 Å². The third-order valence-corrected chi connectivity index (χ3v) is 7.38. The van der Waals surface area contributed by atoms with Gasteiger partial charge >= 0.3 is 0 Å². The van der Waals surface area contributed by atoms with Crippen LogP contribution in [-0.2, 0) is 14.9 Å². The molecule has 0 bridgehead atoms. The maximum atomic E-state index is 13.7. The van der Waals surface area contributed by atoms with Crippen LogP contribution >= 0.6 is 0 Å². The third-order valence-electron chi connectivity index (χ3n) is 7.38. The number of hydrogen-bond acceptors (Lipinski definition) is 3. The zero-order valence-corrected chi connectivity index (χ0v) is 15.9. The van der Waals surface area contributed by atoms with Crippen LogP contribution in [0.4, 0.5) is 0 Å². The first-order valence-electron chi connectivity index (χ1n) is 10.1. The fourth-order valence-electron chi connectivity index (χ4n) is 5.75. The van der Waals surface area contributed by atoms with Gasteiger partial charge in [0.2, 0.25) is 5.91 Å². The van der Waals surface area contributed by atoms with Crippen molar-refractivity contribution in [2.75, 3.05) is 33.4 Å². The van der Waals surface area contributed by atoms with E-state index in [0.717, 1.165) is 19.3 Å². The normalized spacial score (nSPS) is 28.8. The standard InChI is InChI=1S/C22H31NO3/c1-23(16-20(17-24)11-13-26-14-12-20)19(25)22(18-7-3-2-4-8-18)15-21(22)9-5-6-10-21/h2-4,7-8,24H,5-6,9-17H2,1H3/t22-/m1/s1. The van der Waals surface area contributed by atoms with Gasteiger partial charge in [-0.2, -0.15) is 0 Å². The summed E-state index contributed by atoms with van der Waals surface area (Å²) in [6.07, 6.45) is 7.45. The molecular formula is C22H31NO3. The predicted octanol–water partition coefficient (Wildman–Crippen LogP) is 3.14. The van der Waals surface area contributed by atoms with Crippen molar-refractivity contribution >= 4 is 5.91 Å². The molecule has 4 nitrogen and oxygen atoms in total. The first-order chi connectivity index (χ1) is 12.6. The second-order valence-electron chi connectivity index (χ2n) is 8.87. The van der Waals surface area contributed by atoms with E-state index in [2.05, 4.69) is 24.3 Å². The Bertz CT molecular complexity index is 647. The van der Waals surface area contributed by atoms with Gasteiger partial charge in [0.05, 0.1) is 12.0 Å². The zero-order valence-electron chi connectivity index (χ0n) is 15.9. The zero-order chi connectivity index (χ0) is 18.3. The average molecular weight is 357 g/mol. The Hall–Kier alpha value is -1.39. The maximum Gasteiger partial charge on any atom is 0.233 e. The Labute approximate surface area is 156 Å². The lowest BCUT2D eigenvalue weighted by atomic mass is 9.79. The molecular weight excluding hydrogens is 326 g/mol. The van der Waals surface area contributed by atoms with Crippen molar-refractivity contribution in [1.82, 2.24) is 4.90 Å². The summed E-state index contributed by atoms with van der Waals surface area (Å²) in [5.74, 6) is 0.255. The lowest BCUT2D eigenvalue weighted by molar-refractivity contribution is -0.137. The van der Waals surface area contributed by atoms with E-state index in [4.69, 9.17) is 4.74 Å². The van der Waals surface area contributed by atoms with E-state index in [0.29, 0.717) is 19.8 Å². The van der Waals surface area contributed by atoms with E-state index in [-0.39, 0.29) is 28.8 Å². The van der Waals surface area contributed by atoms with Crippen molar-refractivity contribution in [2.45, 2.75) is 50.4 Å². The first-order valence-corrected chi connectivity index (χ1v) is 10.1. The number of ether oxygens (including phenoxy) is 1. The molecule has 1 atom stereocenters. The molecule has 3 fully saturated rings. The number of hydrogen-bond donors (Lipinski definition) is 1. The van der Waals surface area contributed by atoms with Gasteiger partial charge in [-0.3, -0.25) is 4.79 Å². The van der Waals surface area contributed by atoms with Crippen LogP contribution in [0.25, 0.3) is 0 Å². The third kappa shape index (κ3) is 2.69. The largest absolute Gasteiger partial charge is 0.396 e. The van der Waals surface area contributed by atoms with E-state index in [1.54, 1.807) is 0 Å². The Morgan fingerprint density at radius 1 is 1.12 bits per heavy atom. The quantitative estimate of drug-likeness (QED) is 0.881. The minimum Gasteiger partial charge on any atom is -0.396 e. The molecule has 26 heavy (non-hydrogen) atoms. The minimum absolute atomic E-state index is 0.122. The van der Waals surface area contributed by atoms with Gasteiger partial charge in [0.25, 0.3) is 0 Å². The number of nitrogens with zero attached hydrogens (tertiary/aromatic N) is 1. The van der Waals surface area contributed by atoms with Crippen LogP contribution in [0.1, 0.15) is 50.5 Å². The molecule has 0 radical (unpaired) electrons. The van der Waals surface area contributed by atoms with Crippen molar-refractivity contribution in [3.63, 3.8) is 0 Å². The van der Waals surface area contributed by atoms with E-state index in [9.17, 15) is 9.90 Å². The molecule has 2 saturated carbocycles. The summed E-state index contributed by atoms with van der Waals surface area (Å²) < 4.78 is 5.48. The Morgan fingerprint density at radius 3 is 2.38 bits per heavy atom. The molecule has 3 aliphatic rings. The van der Waals surface area contributed by atoms with Crippen molar-refractivity contribution in [3.05, 3.63) is 35.9 Å². The number of aliphatic hydroxyl groups excluding tert-OH is 1. The monoisotopic (exact) mass is 357 g/mol. The number of rotatable bonds is 5. The van der Waals surface area contributed by atoms with Crippen molar-refractivity contribution in [3.8, 4) is 0 Å². The molecule has 1 aromatic carbocycles. The highest BCUT2D eigenvalue weighted by Gasteiger charge is 2.72. The summed E-state index contributed by atoms with van der Waals surface area (Å²) in [6.45, 7) is 2.10. The molecule has 0 unspecified atom stereocenters. The molecule has 1 heterocycles. The number of carbonyl (C=O) groups excluding carboxylic acids is 1. The molecule has 0 aromatic heterocycles. The predicted molar refractivity (Wildman–Crippen MR) is 101 cm³/mol. The molecule has 1 aromatic rings. The lowest BCUT2D eigenvalue weighted by Crippen LogP contribution is -2.48. The number of benzene rings is 1. The van der Waals surface area contributed by atoms with Crippen LogP contribution in [0.2, 0.25) is 0 Å². The highest BCUT2D eigenvalue weighted by molar-refractivity contribution is 5.93. The topological polar surface area (TPSA) is 49.8 Å². The van der Waals surface area contributed by atoms with E-state index < -0.39 is 0 Å². The molecule has 1 saturated heterocycles. The van der Waals surface area contributed by atoms with E-state index in [1.165, 1.54) is 31.2 Å². The first kappa shape index (κ1) is 18.0. The molecule has 1 N–H and O–H groups in total. The summed E-state index contributed by atoms with van der Waals surface area (Å²) in [6, 6.07) is 10.4. The molecule has 1 spiro atoms. The Balaban J connectivity index is 1.60. The van der Waals surface area contributed by atoms with Crippen LogP contribution in [0.5, 0.6) is 0 Å². The van der Waals surface area contributed by atoms with Gasteiger partial charge in [-0.05, 0) is 43.1 Å². The van der Waals surface area contributed by atoms with Gasteiger partial charge in [-0.25, -0.2) is 0 Å². The number of amides is 1. The molecule has 1 aliphatic heterocycles. The summed E-state index contributed by atoms with van der Waals surface area (Å²) in [5, 5.41) is 10.0. The molecule has 4 heteroatoms. The smallest absolute Gasteiger partial charge is 0.233 e. The van der Waals surface area contributed by atoms with Crippen LogP contribution < -0.4 is 0 Å². The minimum atomic E-state index is -0.346. The van der Waals surface area contributed by atoms with E-state index in [1.807, 2.05) is 18.0 Å².